The van der Waals surface area contributed by atoms with Gasteiger partial charge in [-0.2, -0.15) is 0 Å². The van der Waals surface area contributed by atoms with E-state index in [0.29, 0.717) is 0 Å². The summed E-state index contributed by atoms with van der Waals surface area (Å²) in [6, 6.07) is 12.7. The van der Waals surface area contributed by atoms with Crippen LogP contribution in [0.25, 0.3) is 22.5 Å². The monoisotopic (exact) mass is 409 g/mol. The maximum atomic E-state index is 6.54. The lowest BCUT2D eigenvalue weighted by Crippen LogP contribution is -2.43. The number of pyridine rings is 1. The summed E-state index contributed by atoms with van der Waals surface area (Å²) in [5.41, 5.74) is 13.6. The van der Waals surface area contributed by atoms with Crippen LogP contribution in [0.4, 0.5) is 5.82 Å². The topological polar surface area (TPSA) is 68.8 Å². The van der Waals surface area contributed by atoms with Crippen LogP contribution < -0.4 is 11.1 Å². The number of aryl methyl sites for hydroxylation is 1. The van der Waals surface area contributed by atoms with Crippen LogP contribution in [-0.2, 0) is 5.54 Å². The molecule has 3 aromatic rings. The van der Waals surface area contributed by atoms with Crippen molar-refractivity contribution in [2.45, 2.75) is 38.6 Å². The third kappa shape index (κ3) is 3.04. The lowest BCUT2D eigenvalue weighted by atomic mass is 9.72. The van der Waals surface area contributed by atoms with E-state index >= 15 is 0 Å². The quantitative estimate of drug-likeness (QED) is 0.599. The Bertz CT molecular complexity index is 1220. The van der Waals surface area contributed by atoms with Crippen molar-refractivity contribution in [3.63, 3.8) is 0 Å². The highest BCUT2D eigenvalue weighted by molar-refractivity contribution is 5.85. The molecule has 3 heterocycles. The van der Waals surface area contributed by atoms with Crippen molar-refractivity contribution in [1.29, 1.82) is 0 Å². The number of hydrogen-bond acceptors (Lipinski definition) is 4. The number of nitrogens with zero attached hydrogens (tertiary/aromatic N) is 3. The summed E-state index contributed by atoms with van der Waals surface area (Å²) < 4.78 is 2.20. The van der Waals surface area contributed by atoms with E-state index in [1.54, 1.807) is 6.20 Å². The third-order valence-electron chi connectivity index (χ3n) is 6.38. The van der Waals surface area contributed by atoms with Crippen LogP contribution in [-0.4, -0.2) is 14.5 Å². The van der Waals surface area contributed by atoms with Crippen LogP contribution in [0, 0.1) is 6.92 Å². The molecule has 0 saturated heterocycles. The summed E-state index contributed by atoms with van der Waals surface area (Å²) in [5, 5.41) is 3.44. The fraction of sp³-hybridized carbons (Fsp3) is 0.231. The van der Waals surface area contributed by atoms with Crippen LogP contribution >= 0.6 is 0 Å². The van der Waals surface area contributed by atoms with E-state index in [0.717, 1.165) is 58.4 Å². The standard InChI is InChI=1S/C26H27N5/c1-4-8-20-21(5-2)30-24-22(9-6-16-28-24)31-23(17(3)29-25(20)31)18-10-12-19(13-11-18)26(27)14-7-15-26/h4-6,8-13,16H,2,7,14-15,27H2,1,3H3,(H,28,30)/b8-4-. The first kappa shape index (κ1) is 19.5. The Balaban J connectivity index is 1.74. The molecule has 31 heavy (non-hydrogen) atoms. The molecule has 2 aromatic heterocycles. The first-order chi connectivity index (χ1) is 15.1. The van der Waals surface area contributed by atoms with Gasteiger partial charge in [0.25, 0.3) is 0 Å². The zero-order chi connectivity index (χ0) is 21.6. The van der Waals surface area contributed by atoms with Gasteiger partial charge in [0, 0.05) is 22.9 Å². The largest absolute Gasteiger partial charge is 0.338 e. The van der Waals surface area contributed by atoms with Crippen molar-refractivity contribution in [3.05, 3.63) is 90.2 Å². The molecule has 0 atom stereocenters. The van der Waals surface area contributed by atoms with Crippen molar-refractivity contribution in [2.75, 3.05) is 5.32 Å². The molecule has 0 unspecified atom stereocenters. The third-order valence-corrected chi connectivity index (χ3v) is 6.38. The van der Waals surface area contributed by atoms with Crippen LogP contribution in [0.2, 0.25) is 0 Å². The van der Waals surface area contributed by atoms with E-state index in [1.165, 1.54) is 12.0 Å². The minimum absolute atomic E-state index is 0.164. The number of nitrogens with two attached hydrogens (primary N) is 1. The highest BCUT2D eigenvalue weighted by atomic mass is 15.2. The molecule has 1 saturated carbocycles. The average molecular weight is 410 g/mol. The van der Waals surface area contributed by atoms with Crippen molar-refractivity contribution in [2.24, 2.45) is 5.73 Å². The molecular weight excluding hydrogens is 382 g/mol. The zero-order valence-electron chi connectivity index (χ0n) is 18.0. The first-order valence-corrected chi connectivity index (χ1v) is 10.8. The number of aromatic nitrogens is 3. The second kappa shape index (κ2) is 7.36. The van der Waals surface area contributed by atoms with Crippen molar-refractivity contribution >= 4 is 11.4 Å². The number of nitrogens with one attached hydrogen (secondary N) is 1. The van der Waals surface area contributed by atoms with E-state index in [1.807, 2.05) is 25.1 Å². The molecule has 3 N–H and O–H groups in total. The van der Waals surface area contributed by atoms with Crippen molar-refractivity contribution in [1.82, 2.24) is 14.5 Å². The fourth-order valence-corrected chi connectivity index (χ4v) is 4.57. The molecule has 0 spiro atoms. The van der Waals surface area contributed by atoms with Gasteiger partial charge in [0.1, 0.15) is 5.82 Å². The van der Waals surface area contributed by atoms with Crippen LogP contribution in [0.15, 0.2) is 73.1 Å². The zero-order valence-corrected chi connectivity index (χ0v) is 18.0. The summed E-state index contributed by atoms with van der Waals surface area (Å²) in [6.07, 6.45) is 11.0. The number of rotatable bonds is 4. The normalized spacial score (nSPS) is 16.9. The van der Waals surface area contributed by atoms with Gasteiger partial charge < -0.3 is 11.1 Å². The molecule has 1 aromatic carbocycles. The Morgan fingerprint density at radius 1 is 1.19 bits per heavy atom. The number of imidazole rings is 1. The molecule has 156 valence electrons. The van der Waals surface area contributed by atoms with E-state index < -0.39 is 0 Å². The van der Waals surface area contributed by atoms with Gasteiger partial charge in [-0.05, 0) is 56.9 Å². The van der Waals surface area contributed by atoms with Crippen LogP contribution in [0.5, 0.6) is 0 Å². The molecule has 5 nitrogen and oxygen atoms in total. The Morgan fingerprint density at radius 3 is 2.61 bits per heavy atom. The van der Waals surface area contributed by atoms with Gasteiger partial charge in [0.05, 0.1) is 22.8 Å². The molecule has 1 aliphatic carbocycles. The van der Waals surface area contributed by atoms with Gasteiger partial charge in [-0.3, -0.25) is 4.57 Å². The number of anilines is 1. The van der Waals surface area contributed by atoms with Crippen molar-refractivity contribution < 1.29 is 0 Å². The van der Waals surface area contributed by atoms with Gasteiger partial charge in [-0.25, -0.2) is 9.97 Å². The van der Waals surface area contributed by atoms with Gasteiger partial charge in [-0.1, -0.05) is 43.0 Å². The van der Waals surface area contributed by atoms with Gasteiger partial charge in [0.2, 0.25) is 0 Å². The first-order valence-electron chi connectivity index (χ1n) is 10.8. The molecule has 2 aliphatic rings. The van der Waals surface area contributed by atoms with Gasteiger partial charge in [0.15, 0.2) is 5.82 Å². The maximum absolute atomic E-state index is 6.54. The Hall–Kier alpha value is -3.44. The van der Waals surface area contributed by atoms with E-state index in [-0.39, 0.29) is 5.54 Å². The second-order valence-electron chi connectivity index (χ2n) is 8.32. The molecule has 0 bridgehead atoms. The molecule has 1 fully saturated rings. The summed E-state index contributed by atoms with van der Waals surface area (Å²) >= 11 is 0. The number of fused-ring (bicyclic) bond motifs is 3. The summed E-state index contributed by atoms with van der Waals surface area (Å²) in [7, 11) is 0. The minimum Gasteiger partial charge on any atom is -0.338 e. The van der Waals surface area contributed by atoms with Crippen LogP contribution in [0.1, 0.15) is 43.3 Å². The molecule has 5 rings (SSSR count). The molecule has 5 heteroatoms. The van der Waals surface area contributed by atoms with E-state index in [9.17, 15) is 0 Å². The number of hydrogen-bond donors (Lipinski definition) is 2. The minimum atomic E-state index is -0.164. The van der Waals surface area contributed by atoms with Crippen LogP contribution in [0.3, 0.4) is 0 Å². The smallest absolute Gasteiger partial charge is 0.154 e. The highest BCUT2D eigenvalue weighted by Crippen LogP contribution is 2.41. The molecule has 0 radical (unpaired) electrons. The SMILES string of the molecule is C=CC1=C(/C=C\C)c2nc(C)c(-c3ccc(C4(N)CCC4)cc3)n2-c2cccnc2N1. The lowest BCUT2D eigenvalue weighted by Gasteiger charge is -2.38. The summed E-state index contributed by atoms with van der Waals surface area (Å²) in [6.45, 7) is 8.07. The number of benzene rings is 1. The summed E-state index contributed by atoms with van der Waals surface area (Å²) in [5.74, 6) is 1.65. The van der Waals surface area contributed by atoms with Gasteiger partial charge in [-0.15, -0.1) is 0 Å². The maximum Gasteiger partial charge on any atom is 0.154 e. The lowest BCUT2D eigenvalue weighted by molar-refractivity contribution is 0.253. The van der Waals surface area contributed by atoms with Crippen molar-refractivity contribution in [3.8, 4) is 16.9 Å². The predicted octanol–water partition coefficient (Wildman–Crippen LogP) is 5.48. The molecule has 0 amide bonds. The van der Waals surface area contributed by atoms with E-state index in [2.05, 4.69) is 64.8 Å². The average Bonchev–Trinajstić information content (AvgIpc) is 3.05. The fourth-order valence-electron chi connectivity index (χ4n) is 4.57. The van der Waals surface area contributed by atoms with Gasteiger partial charge >= 0.3 is 0 Å². The number of allylic oxidation sites excluding steroid dienone is 4. The predicted molar refractivity (Wildman–Crippen MR) is 127 cm³/mol. The Labute approximate surface area is 183 Å². The second-order valence-corrected chi connectivity index (χ2v) is 8.32. The Kier molecular flexibility index (Phi) is 4.63. The highest BCUT2D eigenvalue weighted by Gasteiger charge is 2.34. The Morgan fingerprint density at radius 2 is 1.97 bits per heavy atom. The summed E-state index contributed by atoms with van der Waals surface area (Å²) in [4.78, 5) is 9.59. The van der Waals surface area contributed by atoms with E-state index in [4.69, 9.17) is 10.7 Å². The molecule has 1 aliphatic heterocycles. The molecular formula is C26H27N5.